The van der Waals surface area contributed by atoms with E-state index in [9.17, 15) is 4.79 Å². The molecule has 1 fully saturated rings. The molecular weight excluding hydrogens is 379 g/mol. The number of nitrogens with two attached hydrogens (primary N) is 1. The number of piperazine rings is 1. The van der Waals surface area contributed by atoms with E-state index in [0.717, 1.165) is 42.6 Å². The van der Waals surface area contributed by atoms with Crippen molar-refractivity contribution in [3.05, 3.63) is 47.0 Å². The Bertz CT molecular complexity index is 660. The molecule has 1 unspecified atom stereocenters. The fraction of sp³-hybridized carbons (Fsp3) is 0.412. The van der Waals surface area contributed by atoms with Crippen LogP contribution >= 0.6 is 36.2 Å². The van der Waals surface area contributed by atoms with Gasteiger partial charge in [0.15, 0.2) is 5.13 Å². The first-order chi connectivity index (χ1) is 11.1. The minimum absolute atomic E-state index is 0. The number of benzene rings is 1. The third-order valence-electron chi connectivity index (χ3n) is 4.13. The van der Waals surface area contributed by atoms with Gasteiger partial charge < -0.3 is 15.5 Å². The maximum atomic E-state index is 12.4. The van der Waals surface area contributed by atoms with E-state index < -0.39 is 0 Å². The van der Waals surface area contributed by atoms with Crippen LogP contribution in [-0.2, 0) is 4.79 Å². The van der Waals surface area contributed by atoms with Crippen molar-refractivity contribution in [1.29, 1.82) is 0 Å². The summed E-state index contributed by atoms with van der Waals surface area (Å²) < 4.78 is 0. The molecule has 0 radical (unpaired) electrons. The van der Waals surface area contributed by atoms with Crippen LogP contribution in [0.1, 0.15) is 23.7 Å². The Balaban J connectivity index is 0.00000156. The lowest BCUT2D eigenvalue weighted by Gasteiger charge is -2.35. The Morgan fingerprint density at radius 2 is 1.84 bits per heavy atom. The molecule has 0 saturated carbocycles. The Morgan fingerprint density at radius 3 is 2.40 bits per heavy atom. The van der Waals surface area contributed by atoms with Crippen molar-refractivity contribution >= 4 is 47.2 Å². The van der Waals surface area contributed by atoms with E-state index in [1.807, 2.05) is 42.2 Å². The van der Waals surface area contributed by atoms with Crippen molar-refractivity contribution in [2.75, 3.05) is 31.1 Å². The maximum Gasteiger partial charge on any atom is 0.224 e. The highest BCUT2D eigenvalue weighted by Gasteiger charge is 2.24. The first-order valence-corrected chi connectivity index (χ1v) is 8.77. The molecule has 138 valence electrons. The molecule has 3 rings (SSSR count). The Kier molecular flexibility index (Phi) is 8.65. The molecule has 2 N–H and O–H groups in total. The molecule has 5 nitrogen and oxygen atoms in total. The third-order valence-corrected chi connectivity index (χ3v) is 5.15. The van der Waals surface area contributed by atoms with Crippen molar-refractivity contribution in [2.24, 2.45) is 5.73 Å². The van der Waals surface area contributed by atoms with Crippen LogP contribution in [0.3, 0.4) is 0 Å². The standard InChI is InChI=1S/C17H22N4OS.2ClH/c1-13-12-23-17(19-13)21-9-7-20(8-10-21)16(22)11-15(18)14-5-3-2-4-6-14;;/h2-6,12,15H,7-11,18H2,1H3;2*1H. The Hall–Kier alpha value is -1.34. The predicted molar refractivity (Wildman–Crippen MR) is 108 cm³/mol. The average molecular weight is 403 g/mol. The Morgan fingerprint density at radius 1 is 1.20 bits per heavy atom. The van der Waals surface area contributed by atoms with Gasteiger partial charge in [-0.3, -0.25) is 4.79 Å². The largest absolute Gasteiger partial charge is 0.345 e. The molecule has 2 aromatic rings. The molecule has 0 aliphatic carbocycles. The second kappa shape index (κ2) is 9.97. The average Bonchev–Trinajstić information content (AvgIpc) is 3.02. The SMILES string of the molecule is Cc1csc(N2CCN(C(=O)CC(N)c3ccccc3)CC2)n1.Cl.Cl. The Labute approximate surface area is 165 Å². The van der Waals surface area contributed by atoms with E-state index in [2.05, 4.69) is 15.3 Å². The molecule has 0 spiro atoms. The van der Waals surface area contributed by atoms with E-state index in [1.54, 1.807) is 11.3 Å². The fourth-order valence-electron chi connectivity index (χ4n) is 2.77. The number of rotatable bonds is 4. The number of aromatic nitrogens is 1. The normalized spacial score (nSPS) is 15.1. The minimum atomic E-state index is -0.233. The zero-order valence-electron chi connectivity index (χ0n) is 14.1. The van der Waals surface area contributed by atoms with E-state index in [-0.39, 0.29) is 36.8 Å². The summed E-state index contributed by atoms with van der Waals surface area (Å²) >= 11 is 1.66. The van der Waals surface area contributed by atoms with Crippen LogP contribution in [0.4, 0.5) is 5.13 Å². The predicted octanol–water partition coefficient (Wildman–Crippen LogP) is 3.03. The molecule has 8 heteroatoms. The summed E-state index contributed by atoms with van der Waals surface area (Å²) in [7, 11) is 0. The highest BCUT2D eigenvalue weighted by atomic mass is 35.5. The summed E-state index contributed by atoms with van der Waals surface area (Å²) in [4.78, 5) is 21.1. The third kappa shape index (κ3) is 5.57. The number of hydrogen-bond donors (Lipinski definition) is 1. The highest BCUT2D eigenvalue weighted by molar-refractivity contribution is 7.13. The smallest absolute Gasteiger partial charge is 0.224 e. The van der Waals surface area contributed by atoms with Crippen molar-refractivity contribution in [3.63, 3.8) is 0 Å². The number of nitrogens with zero attached hydrogens (tertiary/aromatic N) is 3. The molecule has 1 atom stereocenters. The van der Waals surface area contributed by atoms with E-state index in [4.69, 9.17) is 5.73 Å². The lowest BCUT2D eigenvalue weighted by Crippen LogP contribution is -2.49. The van der Waals surface area contributed by atoms with E-state index >= 15 is 0 Å². The molecule has 2 heterocycles. The van der Waals surface area contributed by atoms with Gasteiger partial charge in [-0.15, -0.1) is 36.2 Å². The molecule has 1 amide bonds. The van der Waals surface area contributed by atoms with Gasteiger partial charge in [-0.1, -0.05) is 30.3 Å². The van der Waals surface area contributed by atoms with Crippen LogP contribution < -0.4 is 10.6 Å². The molecule has 0 bridgehead atoms. The van der Waals surface area contributed by atoms with Gasteiger partial charge in [-0.05, 0) is 12.5 Å². The lowest BCUT2D eigenvalue weighted by atomic mass is 10.0. The number of carbonyl (C=O) groups is 1. The molecule has 1 aliphatic heterocycles. The van der Waals surface area contributed by atoms with Crippen molar-refractivity contribution in [3.8, 4) is 0 Å². The van der Waals surface area contributed by atoms with Crippen LogP contribution in [0.15, 0.2) is 35.7 Å². The van der Waals surface area contributed by atoms with Crippen LogP contribution in [0, 0.1) is 6.92 Å². The van der Waals surface area contributed by atoms with Crippen LogP contribution in [0.25, 0.3) is 0 Å². The first-order valence-electron chi connectivity index (χ1n) is 7.89. The molecule has 1 saturated heterocycles. The molecule has 1 aliphatic rings. The summed E-state index contributed by atoms with van der Waals surface area (Å²) in [6.45, 7) is 5.14. The second-order valence-corrected chi connectivity index (χ2v) is 6.70. The quantitative estimate of drug-likeness (QED) is 0.853. The van der Waals surface area contributed by atoms with Gasteiger partial charge >= 0.3 is 0 Å². The second-order valence-electron chi connectivity index (χ2n) is 5.86. The van der Waals surface area contributed by atoms with Crippen LogP contribution in [0.5, 0.6) is 0 Å². The summed E-state index contributed by atoms with van der Waals surface area (Å²) in [5, 5.41) is 3.11. The van der Waals surface area contributed by atoms with Crippen molar-refractivity contribution in [1.82, 2.24) is 9.88 Å². The first kappa shape index (κ1) is 21.7. The van der Waals surface area contributed by atoms with Crippen molar-refractivity contribution in [2.45, 2.75) is 19.4 Å². The summed E-state index contributed by atoms with van der Waals surface area (Å²) in [6.07, 6.45) is 0.361. The maximum absolute atomic E-state index is 12.4. The fourth-order valence-corrected chi connectivity index (χ4v) is 3.63. The lowest BCUT2D eigenvalue weighted by molar-refractivity contribution is -0.131. The van der Waals surface area contributed by atoms with Gasteiger partial charge in [0.1, 0.15) is 0 Å². The van der Waals surface area contributed by atoms with Crippen LogP contribution in [0.2, 0.25) is 0 Å². The highest BCUT2D eigenvalue weighted by Crippen LogP contribution is 2.22. The van der Waals surface area contributed by atoms with E-state index in [1.165, 1.54) is 0 Å². The number of carbonyl (C=O) groups excluding carboxylic acids is 1. The molecule has 1 aromatic carbocycles. The van der Waals surface area contributed by atoms with Gasteiger partial charge in [0.2, 0.25) is 5.91 Å². The minimum Gasteiger partial charge on any atom is -0.345 e. The zero-order valence-corrected chi connectivity index (χ0v) is 16.6. The van der Waals surface area contributed by atoms with Gasteiger partial charge in [0.05, 0.1) is 5.69 Å². The number of aryl methyl sites for hydroxylation is 1. The number of thiazole rings is 1. The number of halogens is 2. The molecule has 1 aromatic heterocycles. The summed E-state index contributed by atoms with van der Waals surface area (Å²) in [6, 6.07) is 9.57. The number of anilines is 1. The van der Waals surface area contributed by atoms with E-state index in [0.29, 0.717) is 6.42 Å². The molecular formula is C17H24Cl2N4OS. The van der Waals surface area contributed by atoms with Gasteiger partial charge in [-0.2, -0.15) is 0 Å². The number of amides is 1. The van der Waals surface area contributed by atoms with Gasteiger partial charge in [-0.25, -0.2) is 4.98 Å². The monoisotopic (exact) mass is 402 g/mol. The van der Waals surface area contributed by atoms with Crippen LogP contribution in [-0.4, -0.2) is 42.0 Å². The zero-order chi connectivity index (χ0) is 16.2. The number of hydrogen-bond acceptors (Lipinski definition) is 5. The van der Waals surface area contributed by atoms with Crippen molar-refractivity contribution < 1.29 is 4.79 Å². The molecule has 25 heavy (non-hydrogen) atoms. The summed E-state index contributed by atoms with van der Waals surface area (Å²) in [5.74, 6) is 0.135. The topological polar surface area (TPSA) is 62.5 Å². The summed E-state index contributed by atoms with van der Waals surface area (Å²) in [5.41, 5.74) is 8.22. The van der Waals surface area contributed by atoms with Gasteiger partial charge in [0, 0.05) is 44.0 Å². The van der Waals surface area contributed by atoms with Gasteiger partial charge in [0.25, 0.3) is 0 Å².